The number of fused-ring (bicyclic) bond motifs is 2. The molecule has 1 aliphatic rings. The average molecular weight is 341 g/mol. The highest BCUT2D eigenvalue weighted by Crippen LogP contribution is 2.34. The second-order valence-corrected chi connectivity index (χ2v) is 6.40. The number of benzene rings is 1. The van der Waals surface area contributed by atoms with Gasteiger partial charge in [0.1, 0.15) is 11.3 Å². The molecule has 128 valence electrons. The first-order valence-electron chi connectivity index (χ1n) is 8.18. The van der Waals surface area contributed by atoms with E-state index in [0.717, 1.165) is 16.7 Å². The van der Waals surface area contributed by atoms with Crippen LogP contribution in [0.5, 0.6) is 0 Å². The molecule has 0 fully saturated rings. The second-order valence-electron chi connectivity index (χ2n) is 6.40. The van der Waals surface area contributed by atoms with Gasteiger partial charge in [0, 0.05) is 11.8 Å². The molecule has 4 nitrogen and oxygen atoms in total. The Labute approximate surface area is 143 Å². The van der Waals surface area contributed by atoms with Crippen molar-refractivity contribution in [2.45, 2.75) is 32.2 Å². The summed E-state index contributed by atoms with van der Waals surface area (Å²) in [5.74, 6) is -0.214. The molecule has 1 aromatic carbocycles. The molecule has 1 amide bonds. The van der Waals surface area contributed by atoms with Gasteiger partial charge in [0.05, 0.1) is 12.2 Å². The number of alkyl halides is 2. The van der Waals surface area contributed by atoms with Gasteiger partial charge in [-0.2, -0.15) is 0 Å². The van der Waals surface area contributed by atoms with Gasteiger partial charge in [0.15, 0.2) is 0 Å². The van der Waals surface area contributed by atoms with Crippen LogP contribution in [0.4, 0.5) is 8.78 Å². The van der Waals surface area contributed by atoms with E-state index in [1.54, 1.807) is 22.7 Å². The maximum absolute atomic E-state index is 12.8. The quantitative estimate of drug-likeness (QED) is 0.783. The van der Waals surface area contributed by atoms with Crippen molar-refractivity contribution in [1.82, 2.24) is 14.7 Å². The number of halogens is 2. The van der Waals surface area contributed by atoms with Crippen molar-refractivity contribution in [3.05, 3.63) is 70.7 Å². The van der Waals surface area contributed by atoms with E-state index >= 15 is 0 Å². The van der Waals surface area contributed by atoms with Crippen LogP contribution >= 0.6 is 0 Å². The smallest absolute Gasteiger partial charge is 0.270 e. The number of carbonyl (C=O) groups excluding carboxylic acids is 1. The van der Waals surface area contributed by atoms with Gasteiger partial charge in [-0.25, -0.2) is 13.8 Å². The molecule has 6 heteroatoms. The maximum atomic E-state index is 12.8. The molecule has 0 unspecified atom stereocenters. The third-order valence-corrected chi connectivity index (χ3v) is 4.69. The molecule has 25 heavy (non-hydrogen) atoms. The monoisotopic (exact) mass is 341 g/mol. The van der Waals surface area contributed by atoms with Gasteiger partial charge < -0.3 is 5.32 Å². The minimum atomic E-state index is -2.47. The highest BCUT2D eigenvalue weighted by atomic mass is 19.3. The van der Waals surface area contributed by atoms with Gasteiger partial charge in [0.2, 0.25) is 0 Å². The van der Waals surface area contributed by atoms with Gasteiger partial charge >= 0.3 is 0 Å². The largest absolute Gasteiger partial charge is 0.344 e. The summed E-state index contributed by atoms with van der Waals surface area (Å²) in [5.41, 5.74) is 4.05. The SMILES string of the molecule is Cc1ccc2ncc(C(=O)N[C@@H]3CCc4cc(C(F)F)ccc43)n2c1. The minimum absolute atomic E-state index is 0.0305. The first-order chi connectivity index (χ1) is 12.0. The van der Waals surface area contributed by atoms with Crippen molar-refractivity contribution < 1.29 is 13.6 Å². The number of imidazole rings is 1. The lowest BCUT2D eigenvalue weighted by atomic mass is 10.0. The molecule has 1 aliphatic carbocycles. The number of carbonyl (C=O) groups is 1. The molecule has 0 saturated carbocycles. The third kappa shape index (κ3) is 2.77. The van der Waals surface area contributed by atoms with E-state index in [9.17, 15) is 13.6 Å². The fourth-order valence-electron chi connectivity index (χ4n) is 3.41. The van der Waals surface area contributed by atoms with Crippen molar-refractivity contribution in [3.8, 4) is 0 Å². The van der Waals surface area contributed by atoms with Crippen molar-refractivity contribution in [2.75, 3.05) is 0 Å². The molecule has 1 atom stereocenters. The van der Waals surface area contributed by atoms with Crippen LogP contribution in [0.15, 0.2) is 42.7 Å². The third-order valence-electron chi connectivity index (χ3n) is 4.69. The Balaban J connectivity index is 1.59. The van der Waals surface area contributed by atoms with Gasteiger partial charge in [0.25, 0.3) is 12.3 Å². The molecular weight excluding hydrogens is 324 g/mol. The van der Waals surface area contributed by atoms with Gasteiger partial charge in [-0.3, -0.25) is 9.20 Å². The maximum Gasteiger partial charge on any atom is 0.270 e. The number of amides is 1. The summed E-state index contributed by atoms with van der Waals surface area (Å²) < 4.78 is 27.4. The summed E-state index contributed by atoms with van der Waals surface area (Å²) in [6.45, 7) is 1.95. The van der Waals surface area contributed by atoms with Crippen LogP contribution in [-0.2, 0) is 6.42 Å². The second kappa shape index (κ2) is 5.95. The van der Waals surface area contributed by atoms with E-state index in [-0.39, 0.29) is 17.5 Å². The predicted octanol–water partition coefficient (Wildman–Crippen LogP) is 4.00. The summed E-state index contributed by atoms with van der Waals surface area (Å²) in [5, 5.41) is 3.01. The number of nitrogens with zero attached hydrogens (tertiary/aromatic N) is 2. The summed E-state index contributed by atoms with van der Waals surface area (Å²) in [6, 6.07) is 8.33. The molecule has 1 N–H and O–H groups in total. The Morgan fingerprint density at radius 1 is 1.32 bits per heavy atom. The predicted molar refractivity (Wildman–Crippen MR) is 89.9 cm³/mol. The summed E-state index contributed by atoms with van der Waals surface area (Å²) in [6.07, 6.45) is 2.35. The molecule has 4 rings (SSSR count). The number of hydrogen-bond acceptors (Lipinski definition) is 2. The van der Waals surface area contributed by atoms with Crippen LogP contribution in [0, 0.1) is 6.92 Å². The molecule has 0 radical (unpaired) electrons. The van der Waals surface area contributed by atoms with Crippen molar-refractivity contribution in [1.29, 1.82) is 0 Å². The van der Waals surface area contributed by atoms with Crippen LogP contribution in [0.25, 0.3) is 5.65 Å². The Bertz CT molecular complexity index is 964. The zero-order valence-electron chi connectivity index (χ0n) is 13.7. The summed E-state index contributed by atoms with van der Waals surface area (Å²) >= 11 is 0. The first-order valence-corrected chi connectivity index (χ1v) is 8.18. The number of hydrogen-bond donors (Lipinski definition) is 1. The van der Waals surface area contributed by atoms with Crippen LogP contribution in [0.1, 0.15) is 51.6 Å². The number of pyridine rings is 1. The van der Waals surface area contributed by atoms with E-state index in [0.29, 0.717) is 24.2 Å². The molecule has 3 aromatic rings. The van der Waals surface area contributed by atoms with Crippen LogP contribution in [0.3, 0.4) is 0 Å². The van der Waals surface area contributed by atoms with E-state index in [2.05, 4.69) is 10.3 Å². The standard InChI is InChI=1S/C19H17F2N3O/c1-11-2-7-17-22-9-16(24(17)10-11)19(25)23-15-6-4-12-8-13(18(20)21)3-5-14(12)15/h2-3,5,7-10,15,18H,4,6H2,1H3,(H,23,25)/t15-/m1/s1. The minimum Gasteiger partial charge on any atom is -0.344 e. The van der Waals surface area contributed by atoms with Crippen LogP contribution < -0.4 is 5.32 Å². The molecule has 0 bridgehead atoms. The number of nitrogens with one attached hydrogen (secondary N) is 1. The number of aromatic nitrogens is 2. The zero-order valence-corrected chi connectivity index (χ0v) is 13.7. The lowest BCUT2D eigenvalue weighted by Crippen LogP contribution is -2.28. The average Bonchev–Trinajstić information content (AvgIpc) is 3.18. The topological polar surface area (TPSA) is 46.4 Å². The molecule has 2 aromatic heterocycles. The summed E-state index contributed by atoms with van der Waals surface area (Å²) in [7, 11) is 0. The van der Waals surface area contributed by atoms with Gasteiger partial charge in [-0.05, 0) is 48.6 Å². The fourth-order valence-corrected chi connectivity index (χ4v) is 3.41. The highest BCUT2D eigenvalue weighted by Gasteiger charge is 2.26. The van der Waals surface area contributed by atoms with Crippen LogP contribution in [-0.4, -0.2) is 15.3 Å². The normalized spacial score (nSPS) is 16.4. The Hall–Kier alpha value is -2.76. The lowest BCUT2D eigenvalue weighted by molar-refractivity contribution is 0.0930. The van der Waals surface area contributed by atoms with Crippen molar-refractivity contribution in [2.24, 2.45) is 0 Å². The Kier molecular flexibility index (Phi) is 3.75. The fraction of sp³-hybridized carbons (Fsp3) is 0.263. The zero-order chi connectivity index (χ0) is 17.6. The number of rotatable bonds is 3. The lowest BCUT2D eigenvalue weighted by Gasteiger charge is -2.14. The van der Waals surface area contributed by atoms with Crippen LogP contribution in [0.2, 0.25) is 0 Å². The number of aryl methyl sites for hydroxylation is 2. The molecular formula is C19H17F2N3O. The molecule has 2 heterocycles. The van der Waals surface area contributed by atoms with Gasteiger partial charge in [-0.1, -0.05) is 18.2 Å². The van der Waals surface area contributed by atoms with Gasteiger partial charge in [-0.15, -0.1) is 0 Å². The Morgan fingerprint density at radius 3 is 2.96 bits per heavy atom. The molecule has 0 aliphatic heterocycles. The molecule has 0 spiro atoms. The van der Waals surface area contributed by atoms with E-state index < -0.39 is 6.43 Å². The summed E-state index contributed by atoms with van der Waals surface area (Å²) in [4.78, 5) is 16.9. The molecule has 0 saturated heterocycles. The first kappa shape index (κ1) is 15.7. The van der Waals surface area contributed by atoms with E-state index in [1.165, 1.54) is 6.07 Å². The van der Waals surface area contributed by atoms with E-state index in [1.807, 2.05) is 25.3 Å². The Morgan fingerprint density at radius 2 is 2.16 bits per heavy atom. The van der Waals surface area contributed by atoms with E-state index in [4.69, 9.17) is 0 Å². The highest BCUT2D eigenvalue weighted by molar-refractivity contribution is 5.93. The van der Waals surface area contributed by atoms with Crippen molar-refractivity contribution in [3.63, 3.8) is 0 Å². The van der Waals surface area contributed by atoms with Crippen molar-refractivity contribution >= 4 is 11.6 Å².